The summed E-state index contributed by atoms with van der Waals surface area (Å²) in [5.41, 5.74) is 5.30. The van der Waals surface area contributed by atoms with E-state index in [1.54, 1.807) is 0 Å². The molecule has 0 spiro atoms. The minimum atomic E-state index is -0.0340. The van der Waals surface area contributed by atoms with E-state index in [0.29, 0.717) is 12.4 Å². The molecule has 0 amide bonds. The van der Waals surface area contributed by atoms with E-state index in [1.807, 2.05) is 0 Å². The van der Waals surface area contributed by atoms with Gasteiger partial charge in [-0.05, 0) is 0 Å². The van der Waals surface area contributed by atoms with Gasteiger partial charge in [0.2, 0.25) is 0 Å². The molecule has 0 bridgehead atoms. The van der Waals surface area contributed by atoms with Crippen molar-refractivity contribution >= 4 is 12.6 Å². The van der Waals surface area contributed by atoms with E-state index in [4.69, 9.17) is 11.6 Å². The summed E-state index contributed by atoms with van der Waals surface area (Å²) in [5.74, 6) is 5.30. The van der Waals surface area contributed by atoms with Crippen LogP contribution in [0, 0.1) is 0 Å². The maximum absolute atomic E-state index is 5.30. The second-order valence-electron chi connectivity index (χ2n) is 1.28. The molecule has 3 nitrogen and oxygen atoms in total. The van der Waals surface area contributed by atoms with Gasteiger partial charge in [-0.2, -0.15) is 12.6 Å². The molecule has 4 N–H and O–H groups in total. The lowest BCUT2D eigenvalue weighted by Crippen LogP contribution is -2.29. The lowest BCUT2D eigenvalue weighted by Gasteiger charge is -2.02. The fourth-order valence-corrected chi connectivity index (χ4v) is 0.282. The van der Waals surface area contributed by atoms with Crippen molar-refractivity contribution in [3.8, 4) is 0 Å². The van der Waals surface area contributed by atoms with Crippen molar-refractivity contribution in [2.75, 3.05) is 12.4 Å². The van der Waals surface area contributed by atoms with Crippen LogP contribution in [0.4, 0.5) is 0 Å². The number of hydrogen-bond acceptors (Lipinski definition) is 4. The van der Waals surface area contributed by atoms with Crippen LogP contribution in [0.3, 0.4) is 0 Å². The average molecular weight is 122 g/mol. The summed E-state index contributed by atoms with van der Waals surface area (Å²) in [4.78, 5) is 4.22. The molecular weight excluding hydrogens is 112 g/mol. The molecule has 4 heteroatoms. The summed E-state index contributed by atoms with van der Waals surface area (Å²) >= 11 is 3.89. The Hall–Kier alpha value is 0.230. The van der Waals surface area contributed by atoms with Crippen LogP contribution in [0.1, 0.15) is 0 Å². The van der Waals surface area contributed by atoms with Crippen molar-refractivity contribution in [2.45, 2.75) is 6.04 Å². The first-order chi connectivity index (χ1) is 3.31. The van der Waals surface area contributed by atoms with Gasteiger partial charge < -0.3 is 10.6 Å². The average Bonchev–Trinajstić information content (AvgIpc) is 1.68. The van der Waals surface area contributed by atoms with Gasteiger partial charge in [0, 0.05) is 11.8 Å². The SMILES string of the molecule is NOCC(N)CS. The van der Waals surface area contributed by atoms with E-state index in [9.17, 15) is 0 Å². The predicted octanol–water partition coefficient (Wildman–Crippen LogP) is -0.866. The van der Waals surface area contributed by atoms with Crippen molar-refractivity contribution in [3.05, 3.63) is 0 Å². The van der Waals surface area contributed by atoms with Gasteiger partial charge in [0.15, 0.2) is 0 Å². The molecule has 0 aliphatic carbocycles. The van der Waals surface area contributed by atoms with Gasteiger partial charge in [0.05, 0.1) is 6.61 Å². The topological polar surface area (TPSA) is 61.3 Å². The third-order valence-corrected chi connectivity index (χ3v) is 1.01. The summed E-state index contributed by atoms with van der Waals surface area (Å²) in [7, 11) is 0. The zero-order valence-corrected chi connectivity index (χ0v) is 4.90. The van der Waals surface area contributed by atoms with Gasteiger partial charge >= 0.3 is 0 Å². The maximum Gasteiger partial charge on any atom is 0.0838 e. The Morgan fingerprint density at radius 3 is 2.43 bits per heavy atom. The van der Waals surface area contributed by atoms with Crippen LogP contribution in [0.15, 0.2) is 0 Å². The van der Waals surface area contributed by atoms with Gasteiger partial charge in [0.25, 0.3) is 0 Å². The normalized spacial score (nSPS) is 14.1. The van der Waals surface area contributed by atoms with E-state index in [0.717, 1.165) is 0 Å². The number of thiol groups is 1. The Kier molecular flexibility index (Phi) is 4.53. The lowest BCUT2D eigenvalue weighted by atomic mass is 10.4. The third kappa shape index (κ3) is 4.08. The summed E-state index contributed by atoms with van der Waals surface area (Å²) in [6.07, 6.45) is 0. The first-order valence-electron chi connectivity index (χ1n) is 1.99. The highest BCUT2D eigenvalue weighted by Gasteiger charge is 1.94. The van der Waals surface area contributed by atoms with E-state index in [-0.39, 0.29) is 6.04 Å². The van der Waals surface area contributed by atoms with Crippen molar-refractivity contribution in [1.29, 1.82) is 0 Å². The summed E-state index contributed by atoms with van der Waals surface area (Å²) in [6, 6.07) is -0.0340. The van der Waals surface area contributed by atoms with Crippen LogP contribution in [-0.4, -0.2) is 18.4 Å². The van der Waals surface area contributed by atoms with Gasteiger partial charge in [-0.15, -0.1) is 0 Å². The molecule has 0 aliphatic heterocycles. The molecule has 0 heterocycles. The Morgan fingerprint density at radius 1 is 1.71 bits per heavy atom. The maximum atomic E-state index is 5.30. The smallest absolute Gasteiger partial charge is 0.0838 e. The van der Waals surface area contributed by atoms with Crippen LogP contribution in [0.5, 0.6) is 0 Å². The Labute approximate surface area is 48.4 Å². The zero-order valence-electron chi connectivity index (χ0n) is 4.00. The molecule has 0 aromatic rings. The molecular formula is C3H10N2OS. The summed E-state index contributed by atoms with van der Waals surface area (Å²) in [5, 5.41) is 0. The molecule has 1 atom stereocenters. The first-order valence-corrected chi connectivity index (χ1v) is 2.62. The number of hydrogen-bond donors (Lipinski definition) is 3. The number of rotatable bonds is 3. The highest BCUT2D eigenvalue weighted by atomic mass is 32.1. The van der Waals surface area contributed by atoms with Crippen molar-refractivity contribution in [3.63, 3.8) is 0 Å². The molecule has 0 radical (unpaired) electrons. The minimum Gasteiger partial charge on any atom is -0.325 e. The number of nitrogens with two attached hydrogens (primary N) is 2. The van der Waals surface area contributed by atoms with Crippen molar-refractivity contribution in [1.82, 2.24) is 0 Å². The zero-order chi connectivity index (χ0) is 5.70. The van der Waals surface area contributed by atoms with Crippen molar-refractivity contribution in [2.24, 2.45) is 11.6 Å². The first kappa shape index (κ1) is 7.23. The third-order valence-electron chi connectivity index (χ3n) is 0.545. The summed E-state index contributed by atoms with van der Waals surface area (Å²) < 4.78 is 0. The summed E-state index contributed by atoms with van der Waals surface area (Å²) in [6.45, 7) is 0.378. The van der Waals surface area contributed by atoms with Crippen LogP contribution in [0.25, 0.3) is 0 Å². The predicted molar refractivity (Wildman–Crippen MR) is 32.0 cm³/mol. The quantitative estimate of drug-likeness (QED) is 0.337. The van der Waals surface area contributed by atoms with E-state index in [2.05, 4.69) is 17.5 Å². The molecule has 0 aliphatic rings. The molecule has 0 aromatic carbocycles. The largest absolute Gasteiger partial charge is 0.325 e. The Bertz CT molecular complexity index is 43.9. The standard InChI is InChI=1S/C3H10N2OS/c4-3(2-7)1-6-5/h3,7H,1-2,4-5H2. The van der Waals surface area contributed by atoms with Gasteiger partial charge in [-0.1, -0.05) is 0 Å². The molecule has 1 unspecified atom stereocenters. The van der Waals surface area contributed by atoms with E-state index in [1.165, 1.54) is 0 Å². The van der Waals surface area contributed by atoms with Gasteiger partial charge in [0.1, 0.15) is 0 Å². The highest BCUT2D eigenvalue weighted by Crippen LogP contribution is 1.80. The van der Waals surface area contributed by atoms with E-state index < -0.39 is 0 Å². The van der Waals surface area contributed by atoms with Gasteiger partial charge in [-0.25, -0.2) is 5.90 Å². The fraction of sp³-hybridized carbons (Fsp3) is 1.00. The molecule has 0 aromatic heterocycles. The van der Waals surface area contributed by atoms with Gasteiger partial charge in [-0.3, -0.25) is 0 Å². The second-order valence-corrected chi connectivity index (χ2v) is 1.64. The lowest BCUT2D eigenvalue weighted by molar-refractivity contribution is 0.129. The molecule has 0 saturated heterocycles. The van der Waals surface area contributed by atoms with Crippen molar-refractivity contribution < 1.29 is 4.84 Å². The van der Waals surface area contributed by atoms with Crippen LogP contribution in [0.2, 0.25) is 0 Å². The molecule has 0 saturated carbocycles. The fourth-order valence-electron chi connectivity index (χ4n) is 0.176. The second kappa shape index (κ2) is 4.39. The molecule has 0 rings (SSSR count). The van der Waals surface area contributed by atoms with Crippen LogP contribution < -0.4 is 11.6 Å². The highest BCUT2D eigenvalue weighted by molar-refractivity contribution is 7.80. The molecule has 7 heavy (non-hydrogen) atoms. The molecule has 44 valence electrons. The minimum absolute atomic E-state index is 0.0340. The van der Waals surface area contributed by atoms with E-state index >= 15 is 0 Å². The van der Waals surface area contributed by atoms with Crippen LogP contribution >= 0.6 is 12.6 Å². The molecule has 0 fully saturated rings. The Balaban J connectivity index is 2.83. The Morgan fingerprint density at radius 2 is 2.29 bits per heavy atom. The monoisotopic (exact) mass is 122 g/mol. The van der Waals surface area contributed by atoms with Crippen LogP contribution in [-0.2, 0) is 4.84 Å².